The van der Waals surface area contributed by atoms with Crippen molar-refractivity contribution in [3.05, 3.63) is 21.9 Å². The summed E-state index contributed by atoms with van der Waals surface area (Å²) < 4.78 is 36.4. The smallest absolute Gasteiger partial charge is 0.171 e. The molecule has 1 aromatic rings. The van der Waals surface area contributed by atoms with Crippen LogP contribution in [0.15, 0.2) is 6.07 Å². The van der Waals surface area contributed by atoms with Crippen LogP contribution in [0.4, 0.5) is 13.2 Å². The fraction of sp³-hybridized carbons (Fsp3) is 0.556. The van der Waals surface area contributed by atoms with Gasteiger partial charge in [0.1, 0.15) is 0 Å². The Morgan fingerprint density at radius 3 is 2.62 bits per heavy atom. The van der Waals surface area contributed by atoms with Gasteiger partial charge in [-0.25, -0.2) is 0 Å². The van der Waals surface area contributed by atoms with Crippen LogP contribution >= 0.6 is 23.2 Å². The van der Waals surface area contributed by atoms with Crippen molar-refractivity contribution in [2.45, 2.75) is 24.9 Å². The summed E-state index contributed by atoms with van der Waals surface area (Å²) in [5.41, 5.74) is 0.566. The number of hydrogen-bond donors (Lipinski definition) is 0. The van der Waals surface area contributed by atoms with E-state index in [1.165, 1.54) is 6.07 Å². The average Bonchev–Trinajstić information content (AvgIpc) is 2.85. The van der Waals surface area contributed by atoms with Crippen LogP contribution in [0, 0.1) is 5.92 Å². The molecule has 0 aliphatic heterocycles. The zero-order valence-corrected chi connectivity index (χ0v) is 9.44. The third kappa shape index (κ3) is 2.77. The summed E-state index contributed by atoms with van der Waals surface area (Å²) in [7, 11) is 0. The van der Waals surface area contributed by atoms with Crippen LogP contribution < -0.4 is 0 Å². The molecule has 2 rings (SSSR count). The van der Waals surface area contributed by atoms with Crippen LogP contribution in [-0.2, 0) is 0 Å². The molecular weight excluding hydrogens is 264 g/mol. The second-order valence-electron chi connectivity index (χ2n) is 3.83. The highest BCUT2D eigenvalue weighted by Crippen LogP contribution is 2.53. The minimum atomic E-state index is -4.13. The SMILES string of the molecule is FC(F)(F)C[C@@H]1C[C@H]1c1cc(Cl)nnc1Cl. The maximum absolute atomic E-state index is 12.1. The molecule has 1 aliphatic carbocycles. The van der Waals surface area contributed by atoms with Crippen molar-refractivity contribution in [3.8, 4) is 0 Å². The standard InChI is InChI=1S/C9H7Cl2F3N2/c10-7-2-6(8(11)16-15-7)5-1-4(5)3-9(12,13)14/h2,4-5H,1,3H2/t4-,5+/m0/s1. The molecule has 1 aliphatic rings. The molecule has 7 heteroatoms. The van der Waals surface area contributed by atoms with Gasteiger partial charge >= 0.3 is 6.18 Å². The fourth-order valence-corrected chi connectivity index (χ4v) is 2.17. The van der Waals surface area contributed by atoms with Gasteiger partial charge in [-0.2, -0.15) is 13.2 Å². The summed E-state index contributed by atoms with van der Waals surface area (Å²) in [4.78, 5) is 0. The number of rotatable bonds is 2. The second kappa shape index (κ2) is 4.04. The first-order valence-electron chi connectivity index (χ1n) is 4.62. The Kier molecular flexibility index (Phi) is 3.01. The normalized spacial score (nSPS) is 24.6. The summed E-state index contributed by atoms with van der Waals surface area (Å²) in [5.74, 6) is -0.597. The zero-order chi connectivity index (χ0) is 11.9. The van der Waals surface area contributed by atoms with E-state index in [2.05, 4.69) is 10.2 Å². The molecule has 1 aromatic heterocycles. The maximum Gasteiger partial charge on any atom is 0.389 e. The first kappa shape index (κ1) is 11.9. The van der Waals surface area contributed by atoms with Gasteiger partial charge in [0.25, 0.3) is 0 Å². The van der Waals surface area contributed by atoms with Crippen molar-refractivity contribution >= 4 is 23.2 Å². The summed E-state index contributed by atoms with van der Waals surface area (Å²) >= 11 is 11.4. The van der Waals surface area contributed by atoms with Crippen LogP contribution in [0.2, 0.25) is 10.3 Å². The largest absolute Gasteiger partial charge is 0.389 e. The molecule has 0 aromatic carbocycles. The van der Waals surface area contributed by atoms with Crippen molar-refractivity contribution < 1.29 is 13.2 Å². The summed E-state index contributed by atoms with van der Waals surface area (Å²) in [6.45, 7) is 0. The van der Waals surface area contributed by atoms with Gasteiger partial charge in [-0.05, 0) is 29.9 Å². The van der Waals surface area contributed by atoms with E-state index in [-0.39, 0.29) is 16.2 Å². The van der Waals surface area contributed by atoms with Crippen LogP contribution in [0.1, 0.15) is 24.3 Å². The van der Waals surface area contributed by atoms with Gasteiger partial charge in [-0.1, -0.05) is 23.2 Å². The third-order valence-electron chi connectivity index (χ3n) is 2.56. The van der Waals surface area contributed by atoms with Gasteiger partial charge in [-0.15, -0.1) is 10.2 Å². The number of halogens is 5. The lowest BCUT2D eigenvalue weighted by atomic mass is 10.1. The Labute approximate surface area is 99.8 Å². The summed E-state index contributed by atoms with van der Waals surface area (Å²) in [6, 6.07) is 1.48. The summed E-state index contributed by atoms with van der Waals surface area (Å²) in [5, 5.41) is 7.37. The fourth-order valence-electron chi connectivity index (χ4n) is 1.78. The zero-order valence-electron chi connectivity index (χ0n) is 7.93. The molecule has 0 amide bonds. The van der Waals surface area contributed by atoms with Gasteiger partial charge < -0.3 is 0 Å². The molecule has 0 spiro atoms. The lowest BCUT2D eigenvalue weighted by molar-refractivity contribution is -0.138. The monoisotopic (exact) mass is 270 g/mol. The second-order valence-corrected chi connectivity index (χ2v) is 4.58. The van der Waals surface area contributed by atoms with E-state index >= 15 is 0 Å². The van der Waals surface area contributed by atoms with Gasteiger partial charge in [0.2, 0.25) is 0 Å². The van der Waals surface area contributed by atoms with Crippen LogP contribution in [-0.4, -0.2) is 16.4 Å². The molecule has 1 heterocycles. The number of alkyl halides is 3. The highest BCUT2D eigenvalue weighted by molar-refractivity contribution is 6.31. The van der Waals surface area contributed by atoms with Crippen molar-refractivity contribution in [1.29, 1.82) is 0 Å². The van der Waals surface area contributed by atoms with Crippen molar-refractivity contribution in [3.63, 3.8) is 0 Å². The van der Waals surface area contributed by atoms with Crippen LogP contribution in [0.5, 0.6) is 0 Å². The third-order valence-corrected chi connectivity index (χ3v) is 3.04. The Hall–Kier alpha value is -0.550. The Morgan fingerprint density at radius 1 is 1.31 bits per heavy atom. The minimum Gasteiger partial charge on any atom is -0.171 e. The van der Waals surface area contributed by atoms with E-state index < -0.39 is 18.5 Å². The van der Waals surface area contributed by atoms with Crippen molar-refractivity contribution in [2.75, 3.05) is 0 Å². The predicted octanol–water partition coefficient (Wildman–Crippen LogP) is 3.84. The van der Waals surface area contributed by atoms with Crippen LogP contribution in [0.25, 0.3) is 0 Å². The first-order chi connectivity index (χ1) is 7.37. The predicted molar refractivity (Wildman–Crippen MR) is 53.6 cm³/mol. The molecule has 16 heavy (non-hydrogen) atoms. The van der Waals surface area contributed by atoms with E-state index in [0.29, 0.717) is 12.0 Å². The molecule has 1 fully saturated rings. The Morgan fingerprint density at radius 2 is 2.00 bits per heavy atom. The molecule has 2 atom stereocenters. The lowest BCUT2D eigenvalue weighted by Gasteiger charge is -2.05. The number of hydrogen-bond acceptors (Lipinski definition) is 2. The van der Waals surface area contributed by atoms with Crippen molar-refractivity contribution in [1.82, 2.24) is 10.2 Å². The highest BCUT2D eigenvalue weighted by atomic mass is 35.5. The molecule has 0 N–H and O–H groups in total. The minimum absolute atomic E-state index is 0.138. The molecule has 0 radical (unpaired) electrons. The van der Waals surface area contributed by atoms with Crippen LogP contribution in [0.3, 0.4) is 0 Å². The molecule has 88 valence electrons. The molecule has 0 saturated heterocycles. The maximum atomic E-state index is 12.1. The van der Waals surface area contributed by atoms with E-state index in [9.17, 15) is 13.2 Å². The van der Waals surface area contributed by atoms with Gasteiger partial charge in [0.05, 0.1) is 0 Å². The van der Waals surface area contributed by atoms with E-state index in [0.717, 1.165) is 0 Å². The van der Waals surface area contributed by atoms with Crippen molar-refractivity contribution in [2.24, 2.45) is 5.92 Å². The summed E-state index contributed by atoms with van der Waals surface area (Å²) in [6.07, 6.45) is -4.44. The molecule has 0 unspecified atom stereocenters. The molecule has 2 nitrogen and oxygen atoms in total. The molecule has 1 saturated carbocycles. The van der Waals surface area contributed by atoms with Gasteiger partial charge in [0, 0.05) is 6.42 Å². The van der Waals surface area contributed by atoms with E-state index in [4.69, 9.17) is 23.2 Å². The average molecular weight is 271 g/mol. The Bertz CT molecular complexity index is 408. The quantitative estimate of drug-likeness (QED) is 0.816. The van der Waals surface area contributed by atoms with E-state index in [1.54, 1.807) is 0 Å². The van der Waals surface area contributed by atoms with Gasteiger partial charge in [-0.3, -0.25) is 0 Å². The molecule has 0 bridgehead atoms. The Balaban J connectivity index is 2.08. The van der Waals surface area contributed by atoms with Gasteiger partial charge in [0.15, 0.2) is 10.3 Å². The number of aromatic nitrogens is 2. The molecular formula is C9H7Cl2F3N2. The lowest BCUT2D eigenvalue weighted by Crippen LogP contribution is -2.08. The highest BCUT2D eigenvalue weighted by Gasteiger charge is 2.46. The topological polar surface area (TPSA) is 25.8 Å². The first-order valence-corrected chi connectivity index (χ1v) is 5.38. The number of nitrogens with zero attached hydrogens (tertiary/aromatic N) is 2. The van der Waals surface area contributed by atoms with E-state index in [1.807, 2.05) is 0 Å².